The molecule has 0 aromatic heterocycles. The molecule has 0 unspecified atom stereocenters. The Morgan fingerprint density at radius 2 is 1.56 bits per heavy atom. The SMILES string of the molecule is CC(C)(N=C=O)c1ccccc1-c1ccccc1. The van der Waals surface area contributed by atoms with Crippen LogP contribution < -0.4 is 0 Å². The van der Waals surface area contributed by atoms with E-state index in [0.717, 1.165) is 16.7 Å². The van der Waals surface area contributed by atoms with E-state index in [9.17, 15) is 4.79 Å². The first-order chi connectivity index (χ1) is 8.65. The first-order valence-electron chi connectivity index (χ1n) is 5.89. The topological polar surface area (TPSA) is 29.4 Å². The van der Waals surface area contributed by atoms with Crippen molar-refractivity contribution in [3.8, 4) is 11.1 Å². The van der Waals surface area contributed by atoms with Crippen LogP contribution in [0.3, 0.4) is 0 Å². The minimum atomic E-state index is -0.561. The van der Waals surface area contributed by atoms with Gasteiger partial charge in [-0.15, -0.1) is 0 Å². The summed E-state index contributed by atoms with van der Waals surface area (Å²) in [4.78, 5) is 14.5. The molecule has 0 N–H and O–H groups in total. The van der Waals surface area contributed by atoms with Crippen LogP contribution in [0.5, 0.6) is 0 Å². The Morgan fingerprint density at radius 1 is 0.944 bits per heavy atom. The Balaban J connectivity index is 2.61. The zero-order valence-corrected chi connectivity index (χ0v) is 10.6. The second-order valence-corrected chi connectivity index (χ2v) is 4.67. The van der Waals surface area contributed by atoms with E-state index < -0.39 is 5.54 Å². The van der Waals surface area contributed by atoms with E-state index in [2.05, 4.69) is 17.1 Å². The molecule has 18 heavy (non-hydrogen) atoms. The molecular formula is C16H15NO. The minimum Gasteiger partial charge on any atom is -0.211 e. The Bertz CT molecular complexity index is 581. The van der Waals surface area contributed by atoms with Crippen molar-refractivity contribution in [3.05, 3.63) is 60.2 Å². The molecule has 2 rings (SSSR count). The van der Waals surface area contributed by atoms with Gasteiger partial charge in [0.05, 0.1) is 5.54 Å². The van der Waals surface area contributed by atoms with Gasteiger partial charge in [0.1, 0.15) is 0 Å². The standard InChI is InChI=1S/C16H15NO/c1-16(2,17-12-18)15-11-7-6-10-14(15)13-8-4-3-5-9-13/h3-11H,1-2H3. The number of rotatable bonds is 3. The smallest absolute Gasteiger partial charge is 0.211 e. The van der Waals surface area contributed by atoms with Crippen LogP contribution in [-0.2, 0) is 10.3 Å². The van der Waals surface area contributed by atoms with E-state index in [4.69, 9.17) is 0 Å². The van der Waals surface area contributed by atoms with Gasteiger partial charge >= 0.3 is 0 Å². The third-order valence-corrected chi connectivity index (χ3v) is 3.00. The van der Waals surface area contributed by atoms with Gasteiger partial charge in [-0.1, -0.05) is 54.6 Å². The molecule has 0 heterocycles. The fourth-order valence-electron chi connectivity index (χ4n) is 2.06. The average Bonchev–Trinajstić information content (AvgIpc) is 2.40. The molecule has 2 aromatic carbocycles. The lowest BCUT2D eigenvalue weighted by molar-refractivity contribution is 0.523. The summed E-state index contributed by atoms with van der Waals surface area (Å²) in [7, 11) is 0. The summed E-state index contributed by atoms with van der Waals surface area (Å²) in [6.07, 6.45) is 1.66. The van der Waals surface area contributed by atoms with Gasteiger partial charge in [0.2, 0.25) is 6.08 Å². The highest BCUT2D eigenvalue weighted by Crippen LogP contribution is 2.33. The summed E-state index contributed by atoms with van der Waals surface area (Å²) in [6, 6.07) is 18.1. The van der Waals surface area contributed by atoms with Crippen molar-refractivity contribution >= 4 is 6.08 Å². The van der Waals surface area contributed by atoms with Crippen LogP contribution in [0.1, 0.15) is 19.4 Å². The third kappa shape index (κ3) is 2.39. The fraction of sp³-hybridized carbons (Fsp3) is 0.188. The second kappa shape index (κ2) is 4.99. The molecule has 0 spiro atoms. The van der Waals surface area contributed by atoms with Crippen LogP contribution >= 0.6 is 0 Å². The molecule has 0 saturated carbocycles. The summed E-state index contributed by atoms with van der Waals surface area (Å²) in [6.45, 7) is 3.83. The molecule has 0 saturated heterocycles. The van der Waals surface area contributed by atoms with Crippen molar-refractivity contribution in [1.29, 1.82) is 0 Å². The molecule has 0 radical (unpaired) electrons. The number of benzene rings is 2. The lowest BCUT2D eigenvalue weighted by atomic mass is 9.87. The van der Waals surface area contributed by atoms with Crippen molar-refractivity contribution in [2.75, 3.05) is 0 Å². The fourth-order valence-corrected chi connectivity index (χ4v) is 2.06. The molecule has 2 aromatic rings. The van der Waals surface area contributed by atoms with Gasteiger partial charge in [0, 0.05) is 0 Å². The van der Waals surface area contributed by atoms with Crippen LogP contribution in [0.15, 0.2) is 59.6 Å². The van der Waals surface area contributed by atoms with Crippen LogP contribution in [0.2, 0.25) is 0 Å². The van der Waals surface area contributed by atoms with E-state index in [-0.39, 0.29) is 0 Å². The highest BCUT2D eigenvalue weighted by atomic mass is 16.1. The normalized spacial score (nSPS) is 10.8. The van der Waals surface area contributed by atoms with Crippen LogP contribution in [0, 0.1) is 0 Å². The molecule has 0 bridgehead atoms. The highest BCUT2D eigenvalue weighted by molar-refractivity contribution is 5.68. The van der Waals surface area contributed by atoms with Crippen molar-refractivity contribution in [1.82, 2.24) is 0 Å². The van der Waals surface area contributed by atoms with Gasteiger partial charge in [-0.3, -0.25) is 0 Å². The van der Waals surface area contributed by atoms with Gasteiger partial charge in [-0.05, 0) is 30.5 Å². The van der Waals surface area contributed by atoms with Crippen LogP contribution in [-0.4, -0.2) is 6.08 Å². The average molecular weight is 237 g/mol. The Morgan fingerprint density at radius 3 is 2.22 bits per heavy atom. The van der Waals surface area contributed by atoms with E-state index in [1.54, 1.807) is 6.08 Å². The predicted molar refractivity (Wildman–Crippen MR) is 73.0 cm³/mol. The highest BCUT2D eigenvalue weighted by Gasteiger charge is 2.22. The molecular weight excluding hydrogens is 222 g/mol. The number of hydrogen-bond acceptors (Lipinski definition) is 2. The third-order valence-electron chi connectivity index (χ3n) is 3.00. The first-order valence-corrected chi connectivity index (χ1v) is 5.89. The number of aliphatic imine (C=N–C) groups is 1. The van der Waals surface area contributed by atoms with E-state index in [1.165, 1.54) is 0 Å². The molecule has 90 valence electrons. The maximum atomic E-state index is 10.5. The van der Waals surface area contributed by atoms with Crippen molar-refractivity contribution < 1.29 is 4.79 Å². The van der Waals surface area contributed by atoms with Crippen molar-refractivity contribution in [2.24, 2.45) is 4.99 Å². The van der Waals surface area contributed by atoms with Gasteiger partial charge in [0.15, 0.2) is 0 Å². The van der Waals surface area contributed by atoms with Crippen LogP contribution in [0.25, 0.3) is 11.1 Å². The zero-order chi connectivity index (χ0) is 13.0. The Labute approximate surface area is 107 Å². The van der Waals surface area contributed by atoms with Gasteiger partial charge in [-0.25, -0.2) is 4.79 Å². The zero-order valence-electron chi connectivity index (χ0n) is 10.6. The van der Waals surface area contributed by atoms with Crippen molar-refractivity contribution in [2.45, 2.75) is 19.4 Å². The largest absolute Gasteiger partial charge is 0.235 e. The summed E-state index contributed by atoms with van der Waals surface area (Å²) >= 11 is 0. The van der Waals surface area contributed by atoms with Gasteiger partial charge < -0.3 is 0 Å². The molecule has 0 atom stereocenters. The number of carbonyl (C=O) groups excluding carboxylic acids is 1. The molecule has 0 fully saturated rings. The monoisotopic (exact) mass is 237 g/mol. The summed E-state index contributed by atoms with van der Waals surface area (Å²) in [5.74, 6) is 0. The second-order valence-electron chi connectivity index (χ2n) is 4.67. The lowest BCUT2D eigenvalue weighted by Gasteiger charge is -2.21. The summed E-state index contributed by atoms with van der Waals surface area (Å²) in [5.41, 5.74) is 2.69. The summed E-state index contributed by atoms with van der Waals surface area (Å²) < 4.78 is 0. The predicted octanol–water partition coefficient (Wildman–Crippen LogP) is 3.92. The van der Waals surface area contributed by atoms with E-state index >= 15 is 0 Å². The number of isocyanates is 1. The molecule has 0 aliphatic carbocycles. The van der Waals surface area contributed by atoms with Gasteiger partial charge in [0.25, 0.3) is 0 Å². The molecule has 0 amide bonds. The summed E-state index contributed by atoms with van der Waals surface area (Å²) in [5, 5.41) is 0. The maximum Gasteiger partial charge on any atom is 0.235 e. The molecule has 2 heteroatoms. The maximum absolute atomic E-state index is 10.5. The quantitative estimate of drug-likeness (QED) is 0.587. The Kier molecular flexibility index (Phi) is 3.40. The van der Waals surface area contributed by atoms with E-state index in [1.807, 2.05) is 56.3 Å². The first kappa shape index (κ1) is 12.3. The van der Waals surface area contributed by atoms with Crippen LogP contribution in [0.4, 0.5) is 0 Å². The van der Waals surface area contributed by atoms with E-state index in [0.29, 0.717) is 0 Å². The molecule has 0 aliphatic rings. The minimum absolute atomic E-state index is 0.561. The van der Waals surface area contributed by atoms with Crippen molar-refractivity contribution in [3.63, 3.8) is 0 Å². The number of hydrogen-bond donors (Lipinski definition) is 0. The number of nitrogens with zero attached hydrogens (tertiary/aromatic N) is 1. The lowest BCUT2D eigenvalue weighted by Crippen LogP contribution is -2.14. The Hall–Kier alpha value is -2.18. The molecule has 0 aliphatic heterocycles. The molecule has 2 nitrogen and oxygen atoms in total. The van der Waals surface area contributed by atoms with Gasteiger partial charge in [-0.2, -0.15) is 4.99 Å².